The van der Waals surface area contributed by atoms with E-state index in [4.69, 9.17) is 0 Å². The van der Waals surface area contributed by atoms with E-state index >= 15 is 0 Å². The molecule has 0 radical (unpaired) electrons. The Bertz CT molecular complexity index is 876. The molecule has 2 heterocycles. The van der Waals surface area contributed by atoms with Crippen molar-refractivity contribution < 1.29 is 18.0 Å². The minimum Gasteiger partial charge on any atom is -0.324 e. The fraction of sp³-hybridized carbons (Fsp3) is 0.444. The largest absolute Gasteiger partial charge is 0.393 e. The number of alkyl halides is 3. The predicted octanol–water partition coefficient (Wildman–Crippen LogP) is 3.27. The van der Waals surface area contributed by atoms with Crippen LogP contribution in [0.2, 0.25) is 0 Å². The third-order valence-corrected chi connectivity index (χ3v) is 4.63. The number of benzene rings is 1. The van der Waals surface area contributed by atoms with Gasteiger partial charge in [0.1, 0.15) is 0 Å². The van der Waals surface area contributed by atoms with Gasteiger partial charge in [-0.15, -0.1) is 0 Å². The Balaban J connectivity index is 1.64. The molecule has 0 bridgehead atoms. The number of nitrogens with zero attached hydrogens (tertiary/aromatic N) is 5. The molecule has 1 N–H and O–H groups in total. The normalized spacial score (nSPS) is 19.1. The van der Waals surface area contributed by atoms with Gasteiger partial charge in [-0.25, -0.2) is 9.48 Å². The molecule has 1 aliphatic rings. The number of amides is 2. The van der Waals surface area contributed by atoms with Crippen molar-refractivity contribution in [3.8, 4) is 0 Å². The highest BCUT2D eigenvalue weighted by Crippen LogP contribution is 2.27. The van der Waals surface area contributed by atoms with Gasteiger partial charge in [-0.05, 0) is 33.9 Å². The van der Waals surface area contributed by atoms with Crippen molar-refractivity contribution in [2.45, 2.75) is 25.9 Å². The summed E-state index contributed by atoms with van der Waals surface area (Å²) in [5.41, 5.74) is 2.09. The molecule has 1 atom stereocenters. The molecule has 0 aliphatic carbocycles. The van der Waals surface area contributed by atoms with Crippen LogP contribution in [0, 0.1) is 5.92 Å². The van der Waals surface area contributed by atoms with Crippen molar-refractivity contribution in [2.24, 2.45) is 13.0 Å². The number of anilines is 1. The van der Waals surface area contributed by atoms with Crippen LogP contribution in [0.1, 0.15) is 24.5 Å². The first-order valence-corrected chi connectivity index (χ1v) is 8.86. The Morgan fingerprint density at radius 2 is 2.18 bits per heavy atom. The molecule has 2 amide bonds. The molecule has 7 nitrogen and oxygen atoms in total. The van der Waals surface area contributed by atoms with Gasteiger partial charge in [0.05, 0.1) is 6.42 Å². The van der Waals surface area contributed by atoms with Gasteiger partial charge in [-0.3, -0.25) is 5.32 Å². The zero-order valence-corrected chi connectivity index (χ0v) is 15.6. The third kappa shape index (κ3) is 5.08. The maximum absolute atomic E-state index is 12.6. The Labute approximate surface area is 160 Å². The van der Waals surface area contributed by atoms with Crippen molar-refractivity contribution in [1.82, 2.24) is 25.1 Å². The second-order valence-electron chi connectivity index (χ2n) is 6.91. The fourth-order valence-electron chi connectivity index (χ4n) is 3.20. The second kappa shape index (κ2) is 7.99. The van der Waals surface area contributed by atoms with Crippen molar-refractivity contribution in [3.05, 3.63) is 41.0 Å². The topological polar surface area (TPSA) is 75.9 Å². The third-order valence-electron chi connectivity index (χ3n) is 4.63. The van der Waals surface area contributed by atoms with Gasteiger partial charge in [0.15, 0.2) is 0 Å². The zero-order chi connectivity index (χ0) is 20.3. The summed E-state index contributed by atoms with van der Waals surface area (Å²) in [5.74, 6) is 0.351. The Morgan fingerprint density at radius 1 is 1.39 bits per heavy atom. The van der Waals surface area contributed by atoms with Gasteiger partial charge in [0.25, 0.3) is 5.95 Å². The first-order valence-electron chi connectivity index (χ1n) is 8.86. The summed E-state index contributed by atoms with van der Waals surface area (Å²) in [5, 5.41) is 13.5. The summed E-state index contributed by atoms with van der Waals surface area (Å²) in [6, 6.07) is 6.19. The average molecular weight is 394 g/mol. The van der Waals surface area contributed by atoms with Gasteiger partial charge in [0.2, 0.25) is 0 Å². The molecule has 2 aromatic rings. The van der Waals surface area contributed by atoms with Crippen LogP contribution in [0.25, 0.3) is 6.08 Å². The molecular weight excluding hydrogens is 373 g/mol. The molecule has 1 saturated heterocycles. The molecule has 0 saturated carbocycles. The van der Waals surface area contributed by atoms with Crippen LogP contribution in [-0.2, 0) is 13.5 Å². The van der Waals surface area contributed by atoms with Crippen LogP contribution in [0.5, 0.6) is 0 Å². The van der Waals surface area contributed by atoms with Crippen LogP contribution < -0.4 is 5.32 Å². The molecular formula is C18H21F3N6O. The Hall–Kier alpha value is -2.91. The molecule has 0 spiro atoms. The Kier molecular flexibility index (Phi) is 5.66. The summed E-state index contributed by atoms with van der Waals surface area (Å²) in [7, 11) is 1.63. The number of halogens is 3. The maximum atomic E-state index is 12.6. The zero-order valence-electron chi connectivity index (χ0n) is 15.6. The average Bonchev–Trinajstić information content (AvgIpc) is 3.00. The number of tetrazole rings is 1. The molecule has 1 fully saturated rings. The second-order valence-corrected chi connectivity index (χ2v) is 6.91. The van der Waals surface area contributed by atoms with Gasteiger partial charge < -0.3 is 4.90 Å². The maximum Gasteiger partial charge on any atom is 0.393 e. The first-order chi connectivity index (χ1) is 13.2. The molecule has 1 aliphatic heterocycles. The van der Waals surface area contributed by atoms with Gasteiger partial charge >= 0.3 is 12.2 Å². The van der Waals surface area contributed by atoms with Crippen LogP contribution in [0.3, 0.4) is 0 Å². The summed E-state index contributed by atoms with van der Waals surface area (Å²) in [4.78, 5) is 14.1. The number of rotatable bonds is 3. The predicted molar refractivity (Wildman–Crippen MR) is 97.3 cm³/mol. The molecule has 10 heteroatoms. The molecule has 3 rings (SSSR count). The summed E-state index contributed by atoms with van der Waals surface area (Å²) in [6.07, 6.45) is -2.60. The van der Waals surface area contributed by atoms with Crippen molar-refractivity contribution in [3.63, 3.8) is 0 Å². The van der Waals surface area contributed by atoms with E-state index in [1.165, 1.54) is 10.7 Å². The smallest absolute Gasteiger partial charge is 0.324 e. The lowest BCUT2D eigenvalue weighted by atomic mass is 9.91. The highest BCUT2D eigenvalue weighted by atomic mass is 19.4. The van der Waals surface area contributed by atoms with Crippen molar-refractivity contribution >= 4 is 18.1 Å². The quantitative estimate of drug-likeness (QED) is 0.867. The molecule has 150 valence electrons. The fourth-order valence-corrected chi connectivity index (χ4v) is 3.20. The van der Waals surface area contributed by atoms with E-state index in [0.717, 1.165) is 11.1 Å². The van der Waals surface area contributed by atoms with Crippen LogP contribution >= 0.6 is 0 Å². The number of hydrogen-bond donors (Lipinski definition) is 1. The van der Waals surface area contributed by atoms with Crippen LogP contribution in [-0.4, -0.2) is 50.4 Å². The molecule has 1 aromatic heterocycles. The standard InChI is InChI=1S/C18H21F3N6O/c1-12-11-27(17(28)22-16-23-24-25-26(16)2)7-6-15(12)9-13-4-3-5-14(8-13)10-18(19,20)21/h3-5,8-9,12H,6-7,10-11H2,1-2H3,(H,22,23,25,28). The summed E-state index contributed by atoms with van der Waals surface area (Å²) < 4.78 is 39.2. The van der Waals surface area contributed by atoms with Gasteiger partial charge in [-0.2, -0.15) is 13.2 Å². The number of aromatic nitrogens is 4. The summed E-state index contributed by atoms with van der Waals surface area (Å²) in [6.45, 7) is 3.01. The Morgan fingerprint density at radius 3 is 2.82 bits per heavy atom. The number of hydrogen-bond acceptors (Lipinski definition) is 4. The van der Waals surface area contributed by atoms with Crippen molar-refractivity contribution in [1.29, 1.82) is 0 Å². The number of nitrogens with one attached hydrogen (secondary N) is 1. The lowest BCUT2D eigenvalue weighted by Crippen LogP contribution is -2.42. The SMILES string of the molecule is CC1CN(C(=O)Nc2nnnn2C)CCC1=Cc1cccc(CC(F)(F)F)c1. The molecule has 28 heavy (non-hydrogen) atoms. The number of urea groups is 1. The van der Waals surface area contributed by atoms with Crippen molar-refractivity contribution in [2.75, 3.05) is 18.4 Å². The monoisotopic (exact) mass is 394 g/mol. The van der Waals surface area contributed by atoms with E-state index < -0.39 is 12.6 Å². The number of carbonyl (C=O) groups excluding carboxylic acids is 1. The lowest BCUT2D eigenvalue weighted by molar-refractivity contribution is -0.127. The van der Waals surface area contributed by atoms with E-state index in [0.29, 0.717) is 19.5 Å². The summed E-state index contributed by atoms with van der Waals surface area (Å²) >= 11 is 0. The number of carbonyl (C=O) groups is 1. The van der Waals surface area contributed by atoms with E-state index in [2.05, 4.69) is 20.8 Å². The highest BCUT2D eigenvalue weighted by Gasteiger charge is 2.28. The van der Waals surface area contributed by atoms with Gasteiger partial charge in [0, 0.05) is 20.1 Å². The first kappa shape index (κ1) is 19.8. The van der Waals surface area contributed by atoms with E-state index in [9.17, 15) is 18.0 Å². The minimum absolute atomic E-state index is 0.0865. The van der Waals surface area contributed by atoms with E-state index in [-0.39, 0.29) is 23.5 Å². The number of piperidine rings is 1. The number of aryl methyl sites for hydroxylation is 1. The lowest BCUT2D eigenvalue weighted by Gasteiger charge is -2.33. The van der Waals surface area contributed by atoms with Crippen LogP contribution in [0.4, 0.5) is 23.9 Å². The molecule has 1 aromatic carbocycles. The van der Waals surface area contributed by atoms with Gasteiger partial charge in [-0.1, -0.05) is 47.9 Å². The van der Waals surface area contributed by atoms with Crippen LogP contribution in [0.15, 0.2) is 29.8 Å². The number of likely N-dealkylation sites (tertiary alicyclic amines) is 1. The highest BCUT2D eigenvalue weighted by molar-refractivity contribution is 5.87. The van der Waals surface area contributed by atoms with E-state index in [1.54, 1.807) is 30.1 Å². The molecule has 1 unspecified atom stereocenters. The minimum atomic E-state index is -4.23. The van der Waals surface area contributed by atoms with E-state index in [1.807, 2.05) is 13.0 Å².